The molecule has 1 saturated heterocycles. The Morgan fingerprint density at radius 2 is 2.10 bits per heavy atom. The first-order chi connectivity index (χ1) is 10.1. The molecule has 2 aliphatic rings. The Labute approximate surface area is 127 Å². The van der Waals surface area contributed by atoms with Gasteiger partial charge in [0.25, 0.3) is 0 Å². The Hall–Kier alpha value is -1.06. The van der Waals surface area contributed by atoms with Gasteiger partial charge in [-0.2, -0.15) is 0 Å². The molecule has 0 amide bonds. The topological polar surface area (TPSA) is 44.5 Å². The molecule has 1 saturated carbocycles. The van der Waals surface area contributed by atoms with Crippen LogP contribution in [0, 0.1) is 6.92 Å². The maximum Gasteiger partial charge on any atom is 0.124 e. The number of aryl methyl sites for hydroxylation is 1. The summed E-state index contributed by atoms with van der Waals surface area (Å²) in [6.45, 7) is 4.94. The molecular formula is C18H27NO2. The van der Waals surface area contributed by atoms with Crippen molar-refractivity contribution in [2.24, 2.45) is 5.73 Å². The van der Waals surface area contributed by atoms with Gasteiger partial charge in [0.15, 0.2) is 0 Å². The first-order valence-electron chi connectivity index (χ1n) is 8.25. The van der Waals surface area contributed by atoms with Crippen molar-refractivity contribution < 1.29 is 9.47 Å². The van der Waals surface area contributed by atoms with Crippen LogP contribution in [0.4, 0.5) is 0 Å². The molecule has 2 atom stereocenters. The average molecular weight is 289 g/mol. The molecule has 2 N–H and O–H groups in total. The fraction of sp³-hybridized carbons (Fsp3) is 0.667. The van der Waals surface area contributed by atoms with Crippen LogP contribution in [0.15, 0.2) is 18.2 Å². The molecule has 2 fully saturated rings. The smallest absolute Gasteiger partial charge is 0.124 e. The lowest BCUT2D eigenvalue weighted by Crippen LogP contribution is -2.41. The van der Waals surface area contributed by atoms with Crippen LogP contribution < -0.4 is 10.5 Å². The van der Waals surface area contributed by atoms with Crippen LogP contribution in [0.2, 0.25) is 0 Å². The molecule has 116 valence electrons. The summed E-state index contributed by atoms with van der Waals surface area (Å²) >= 11 is 0. The van der Waals surface area contributed by atoms with E-state index < -0.39 is 0 Å². The maximum absolute atomic E-state index is 6.33. The third-order valence-corrected chi connectivity index (χ3v) is 4.91. The molecule has 1 aliphatic carbocycles. The van der Waals surface area contributed by atoms with Gasteiger partial charge in [-0.05, 0) is 32.8 Å². The summed E-state index contributed by atoms with van der Waals surface area (Å²) in [4.78, 5) is 0. The standard InChI is InChI=1S/C18H27NO2/c1-13-5-6-17(16(11-13)14(2)19)21-15-7-10-20-18(12-15)8-3-4-9-18/h5-6,11,14-15H,3-4,7-10,12,19H2,1-2H3/t14-,15?/m1/s1. The van der Waals surface area contributed by atoms with E-state index in [0.717, 1.165) is 30.8 Å². The minimum Gasteiger partial charge on any atom is -0.490 e. The fourth-order valence-electron chi connectivity index (χ4n) is 3.76. The Morgan fingerprint density at radius 1 is 1.33 bits per heavy atom. The molecule has 21 heavy (non-hydrogen) atoms. The zero-order valence-corrected chi connectivity index (χ0v) is 13.2. The Kier molecular flexibility index (Phi) is 4.23. The van der Waals surface area contributed by atoms with Gasteiger partial charge < -0.3 is 15.2 Å². The van der Waals surface area contributed by atoms with Crippen molar-refractivity contribution in [2.75, 3.05) is 6.61 Å². The number of nitrogens with two attached hydrogens (primary N) is 1. The molecule has 1 heterocycles. The largest absolute Gasteiger partial charge is 0.490 e. The summed E-state index contributed by atoms with van der Waals surface area (Å²) in [6.07, 6.45) is 7.25. The van der Waals surface area contributed by atoms with Crippen LogP contribution in [-0.4, -0.2) is 18.3 Å². The molecule has 3 rings (SSSR count). The molecular weight excluding hydrogens is 262 g/mol. The van der Waals surface area contributed by atoms with Gasteiger partial charge in [0, 0.05) is 24.4 Å². The molecule has 1 aromatic carbocycles. The molecule has 1 aliphatic heterocycles. The minimum absolute atomic E-state index is 0.000168. The molecule has 3 heteroatoms. The van der Waals surface area contributed by atoms with Crippen LogP contribution in [0.25, 0.3) is 0 Å². The van der Waals surface area contributed by atoms with Crippen LogP contribution in [0.3, 0.4) is 0 Å². The number of rotatable bonds is 3. The van der Waals surface area contributed by atoms with E-state index in [1.807, 2.05) is 6.92 Å². The number of benzene rings is 1. The number of ether oxygens (including phenoxy) is 2. The van der Waals surface area contributed by atoms with E-state index in [1.54, 1.807) is 0 Å². The van der Waals surface area contributed by atoms with Gasteiger partial charge in [-0.25, -0.2) is 0 Å². The average Bonchev–Trinajstić information content (AvgIpc) is 2.88. The molecule has 3 nitrogen and oxygen atoms in total. The highest BCUT2D eigenvalue weighted by Gasteiger charge is 2.40. The quantitative estimate of drug-likeness (QED) is 0.918. The predicted octanol–water partition coefficient (Wildman–Crippen LogP) is 3.89. The number of hydrogen-bond acceptors (Lipinski definition) is 3. The molecule has 1 aromatic rings. The van der Waals surface area contributed by atoms with E-state index >= 15 is 0 Å². The van der Waals surface area contributed by atoms with Gasteiger partial charge in [-0.15, -0.1) is 0 Å². The van der Waals surface area contributed by atoms with Gasteiger partial charge in [0.2, 0.25) is 0 Å². The van der Waals surface area contributed by atoms with Gasteiger partial charge >= 0.3 is 0 Å². The van der Waals surface area contributed by atoms with Crippen molar-refractivity contribution in [3.05, 3.63) is 29.3 Å². The second-order valence-corrected chi connectivity index (χ2v) is 6.80. The summed E-state index contributed by atoms with van der Waals surface area (Å²) in [6, 6.07) is 6.32. The van der Waals surface area contributed by atoms with Crippen LogP contribution in [-0.2, 0) is 4.74 Å². The lowest BCUT2D eigenvalue weighted by molar-refractivity contribution is -0.108. The summed E-state index contributed by atoms with van der Waals surface area (Å²) in [5.74, 6) is 0.954. The summed E-state index contributed by atoms with van der Waals surface area (Å²) in [5, 5.41) is 0. The highest BCUT2D eigenvalue weighted by molar-refractivity contribution is 5.39. The zero-order valence-electron chi connectivity index (χ0n) is 13.2. The lowest BCUT2D eigenvalue weighted by Gasteiger charge is -2.38. The first-order valence-corrected chi connectivity index (χ1v) is 8.25. The van der Waals surface area contributed by atoms with Crippen molar-refractivity contribution >= 4 is 0 Å². The highest BCUT2D eigenvalue weighted by atomic mass is 16.5. The third kappa shape index (κ3) is 3.24. The number of hydrogen-bond donors (Lipinski definition) is 1. The lowest BCUT2D eigenvalue weighted by atomic mass is 9.90. The van der Waals surface area contributed by atoms with E-state index in [1.165, 1.54) is 31.2 Å². The van der Waals surface area contributed by atoms with E-state index in [9.17, 15) is 0 Å². The van der Waals surface area contributed by atoms with E-state index in [-0.39, 0.29) is 17.7 Å². The van der Waals surface area contributed by atoms with E-state index in [4.69, 9.17) is 15.2 Å². The highest BCUT2D eigenvalue weighted by Crippen LogP contribution is 2.41. The van der Waals surface area contributed by atoms with Crippen molar-refractivity contribution in [3.8, 4) is 5.75 Å². The summed E-state index contributed by atoms with van der Waals surface area (Å²) < 4.78 is 12.4. The van der Waals surface area contributed by atoms with Crippen molar-refractivity contribution in [2.45, 2.75) is 70.1 Å². The van der Waals surface area contributed by atoms with E-state index in [0.29, 0.717) is 0 Å². The van der Waals surface area contributed by atoms with Gasteiger partial charge in [-0.3, -0.25) is 0 Å². The Bertz CT molecular complexity index is 492. The monoisotopic (exact) mass is 289 g/mol. The zero-order chi connectivity index (χ0) is 14.9. The van der Waals surface area contributed by atoms with Crippen molar-refractivity contribution in [3.63, 3.8) is 0 Å². The second kappa shape index (κ2) is 5.98. The van der Waals surface area contributed by atoms with Crippen LogP contribution in [0.1, 0.15) is 62.6 Å². The fourth-order valence-corrected chi connectivity index (χ4v) is 3.76. The third-order valence-electron chi connectivity index (χ3n) is 4.91. The first kappa shape index (κ1) is 14.9. The van der Waals surface area contributed by atoms with Crippen molar-refractivity contribution in [1.82, 2.24) is 0 Å². The predicted molar refractivity (Wildman–Crippen MR) is 84.6 cm³/mol. The van der Waals surface area contributed by atoms with E-state index in [2.05, 4.69) is 25.1 Å². The van der Waals surface area contributed by atoms with Crippen LogP contribution >= 0.6 is 0 Å². The van der Waals surface area contributed by atoms with Gasteiger partial charge in [-0.1, -0.05) is 30.5 Å². The van der Waals surface area contributed by atoms with Gasteiger partial charge in [0.1, 0.15) is 11.9 Å². The minimum atomic E-state index is 0.000168. The molecule has 0 bridgehead atoms. The SMILES string of the molecule is Cc1ccc(OC2CCOC3(CCCC3)C2)c([C@@H](C)N)c1. The molecule has 0 aromatic heterocycles. The molecule has 1 unspecified atom stereocenters. The second-order valence-electron chi connectivity index (χ2n) is 6.80. The normalized spacial score (nSPS) is 26.0. The Balaban J connectivity index is 1.74. The summed E-state index contributed by atoms with van der Waals surface area (Å²) in [7, 11) is 0. The Morgan fingerprint density at radius 3 is 2.81 bits per heavy atom. The maximum atomic E-state index is 6.33. The molecule has 1 spiro atoms. The van der Waals surface area contributed by atoms with Crippen molar-refractivity contribution in [1.29, 1.82) is 0 Å². The summed E-state index contributed by atoms with van der Waals surface area (Å²) in [5.41, 5.74) is 8.54. The van der Waals surface area contributed by atoms with Gasteiger partial charge in [0.05, 0.1) is 12.2 Å². The van der Waals surface area contributed by atoms with Crippen LogP contribution in [0.5, 0.6) is 5.75 Å². The molecule has 0 radical (unpaired) electrons.